The molecule has 0 saturated carbocycles. The van der Waals surface area contributed by atoms with Gasteiger partial charge in [-0.3, -0.25) is 9.69 Å². The van der Waals surface area contributed by atoms with Crippen LogP contribution in [0.3, 0.4) is 0 Å². The molecule has 1 aromatic carbocycles. The number of rotatable bonds is 7. The van der Waals surface area contributed by atoms with Crippen molar-refractivity contribution in [1.29, 1.82) is 0 Å². The van der Waals surface area contributed by atoms with Crippen LogP contribution in [0.4, 0.5) is 0 Å². The monoisotopic (exact) mass is 348 g/mol. The molecule has 0 aliphatic carbocycles. The van der Waals surface area contributed by atoms with E-state index in [9.17, 15) is 4.79 Å². The van der Waals surface area contributed by atoms with Gasteiger partial charge in [-0.1, -0.05) is 6.07 Å². The SMILES string of the molecule is COc1cccc(OC2CN(C(=O)CC[C@@H](C)N3CCOCC3)C2)c1. The number of methoxy groups -OCH3 is 1. The summed E-state index contributed by atoms with van der Waals surface area (Å²) in [6.07, 6.45) is 1.58. The van der Waals surface area contributed by atoms with Crippen molar-refractivity contribution in [3.63, 3.8) is 0 Å². The van der Waals surface area contributed by atoms with E-state index in [1.54, 1.807) is 7.11 Å². The molecule has 25 heavy (non-hydrogen) atoms. The highest BCUT2D eigenvalue weighted by atomic mass is 16.5. The lowest BCUT2D eigenvalue weighted by molar-refractivity contribution is -0.140. The van der Waals surface area contributed by atoms with Crippen molar-refractivity contribution in [1.82, 2.24) is 9.80 Å². The van der Waals surface area contributed by atoms with Gasteiger partial charge in [-0.05, 0) is 25.5 Å². The first kappa shape index (κ1) is 18.0. The minimum Gasteiger partial charge on any atom is -0.497 e. The second-order valence-electron chi connectivity index (χ2n) is 6.75. The first-order chi connectivity index (χ1) is 12.2. The number of benzene rings is 1. The first-order valence-corrected chi connectivity index (χ1v) is 9.06. The molecule has 0 aromatic heterocycles. The molecule has 6 nitrogen and oxygen atoms in total. The number of hydrogen-bond donors (Lipinski definition) is 0. The Balaban J connectivity index is 1.36. The van der Waals surface area contributed by atoms with Gasteiger partial charge in [-0.15, -0.1) is 0 Å². The summed E-state index contributed by atoms with van der Waals surface area (Å²) in [4.78, 5) is 16.6. The van der Waals surface area contributed by atoms with Crippen molar-refractivity contribution in [2.24, 2.45) is 0 Å². The molecule has 2 saturated heterocycles. The van der Waals surface area contributed by atoms with Gasteiger partial charge in [0.15, 0.2) is 0 Å². The van der Waals surface area contributed by atoms with Gasteiger partial charge >= 0.3 is 0 Å². The summed E-state index contributed by atoms with van der Waals surface area (Å²) < 4.78 is 16.5. The van der Waals surface area contributed by atoms with Crippen LogP contribution in [0.25, 0.3) is 0 Å². The highest BCUT2D eigenvalue weighted by Gasteiger charge is 2.32. The molecule has 6 heteroatoms. The van der Waals surface area contributed by atoms with Crippen molar-refractivity contribution in [2.45, 2.75) is 31.9 Å². The van der Waals surface area contributed by atoms with Gasteiger partial charge in [0.25, 0.3) is 0 Å². The molecule has 0 spiro atoms. The molecule has 2 aliphatic rings. The summed E-state index contributed by atoms with van der Waals surface area (Å²) in [6.45, 7) is 7.07. The van der Waals surface area contributed by atoms with E-state index < -0.39 is 0 Å². The van der Waals surface area contributed by atoms with E-state index in [1.807, 2.05) is 29.2 Å². The molecule has 0 radical (unpaired) electrons. The van der Waals surface area contributed by atoms with Crippen LogP contribution < -0.4 is 9.47 Å². The lowest BCUT2D eigenvalue weighted by Crippen LogP contribution is -2.56. The zero-order chi connectivity index (χ0) is 17.6. The van der Waals surface area contributed by atoms with Crippen LogP contribution in [0, 0.1) is 0 Å². The summed E-state index contributed by atoms with van der Waals surface area (Å²) >= 11 is 0. The number of morpholine rings is 1. The zero-order valence-corrected chi connectivity index (χ0v) is 15.1. The highest BCUT2D eigenvalue weighted by Crippen LogP contribution is 2.23. The van der Waals surface area contributed by atoms with Gasteiger partial charge in [-0.2, -0.15) is 0 Å². The third kappa shape index (κ3) is 4.86. The molecular weight excluding hydrogens is 320 g/mol. The van der Waals surface area contributed by atoms with Crippen molar-refractivity contribution < 1.29 is 19.0 Å². The number of carbonyl (C=O) groups excluding carboxylic acids is 1. The molecule has 2 fully saturated rings. The Labute approximate surface area is 149 Å². The number of nitrogens with zero attached hydrogens (tertiary/aromatic N) is 2. The van der Waals surface area contributed by atoms with Crippen molar-refractivity contribution in [3.05, 3.63) is 24.3 Å². The van der Waals surface area contributed by atoms with Crippen LogP contribution in [0.2, 0.25) is 0 Å². The second kappa shape index (κ2) is 8.54. The Bertz CT molecular complexity index is 568. The first-order valence-electron chi connectivity index (χ1n) is 9.06. The molecule has 1 amide bonds. The van der Waals surface area contributed by atoms with Gasteiger partial charge in [0.1, 0.15) is 17.6 Å². The predicted octanol–water partition coefficient (Wildman–Crippen LogP) is 1.79. The van der Waals surface area contributed by atoms with E-state index in [0.717, 1.165) is 44.2 Å². The molecule has 0 bridgehead atoms. The molecule has 3 rings (SSSR count). The van der Waals surface area contributed by atoms with Gasteiger partial charge in [-0.25, -0.2) is 0 Å². The summed E-state index contributed by atoms with van der Waals surface area (Å²) in [5, 5.41) is 0. The lowest BCUT2D eigenvalue weighted by atomic mass is 10.1. The third-order valence-corrected chi connectivity index (χ3v) is 4.99. The molecule has 1 aromatic rings. The molecule has 138 valence electrons. The van der Waals surface area contributed by atoms with E-state index >= 15 is 0 Å². The smallest absolute Gasteiger partial charge is 0.222 e. The quantitative estimate of drug-likeness (QED) is 0.752. The lowest BCUT2D eigenvalue weighted by Gasteiger charge is -2.39. The second-order valence-corrected chi connectivity index (χ2v) is 6.75. The van der Waals surface area contributed by atoms with Crippen LogP contribution in [-0.2, 0) is 9.53 Å². The Hall–Kier alpha value is -1.79. The summed E-state index contributed by atoms with van der Waals surface area (Å²) in [7, 11) is 1.64. The maximum absolute atomic E-state index is 12.3. The summed E-state index contributed by atoms with van der Waals surface area (Å²) in [6, 6.07) is 8.01. The van der Waals surface area contributed by atoms with Gasteiger partial charge in [0.05, 0.1) is 33.4 Å². The van der Waals surface area contributed by atoms with E-state index in [0.29, 0.717) is 25.6 Å². The van der Waals surface area contributed by atoms with Gasteiger partial charge in [0, 0.05) is 31.6 Å². The molecular formula is C19H28N2O4. The van der Waals surface area contributed by atoms with Crippen LogP contribution in [0.5, 0.6) is 11.5 Å². The Morgan fingerprint density at radius 3 is 2.72 bits per heavy atom. The van der Waals surface area contributed by atoms with Crippen molar-refractivity contribution in [3.8, 4) is 11.5 Å². The molecule has 1 atom stereocenters. The van der Waals surface area contributed by atoms with Crippen LogP contribution >= 0.6 is 0 Å². The third-order valence-electron chi connectivity index (χ3n) is 4.99. The normalized spacial score (nSPS) is 20.0. The maximum Gasteiger partial charge on any atom is 0.222 e. The van der Waals surface area contributed by atoms with Gasteiger partial charge in [0.2, 0.25) is 5.91 Å². The number of carbonyl (C=O) groups is 1. The average Bonchev–Trinajstić information content (AvgIpc) is 2.63. The maximum atomic E-state index is 12.3. The van der Waals surface area contributed by atoms with E-state index in [-0.39, 0.29) is 12.0 Å². The minimum atomic E-state index is 0.0766. The molecule has 2 aliphatic heterocycles. The standard InChI is InChI=1S/C19H28N2O4/c1-15(20-8-10-24-11-9-20)6-7-19(22)21-13-18(14-21)25-17-5-3-4-16(12-17)23-2/h3-5,12,15,18H,6-11,13-14H2,1-2H3/t15-/m1/s1. The van der Waals surface area contributed by atoms with Crippen LogP contribution in [0.15, 0.2) is 24.3 Å². The average molecular weight is 348 g/mol. The number of hydrogen-bond acceptors (Lipinski definition) is 5. The van der Waals surface area contributed by atoms with Crippen molar-refractivity contribution in [2.75, 3.05) is 46.5 Å². The van der Waals surface area contributed by atoms with Crippen molar-refractivity contribution >= 4 is 5.91 Å². The topological polar surface area (TPSA) is 51.2 Å². The molecule has 0 unspecified atom stereocenters. The number of likely N-dealkylation sites (tertiary alicyclic amines) is 1. The van der Waals surface area contributed by atoms with Gasteiger partial charge < -0.3 is 19.1 Å². The Morgan fingerprint density at radius 2 is 2.00 bits per heavy atom. The van der Waals surface area contributed by atoms with Crippen LogP contribution in [0.1, 0.15) is 19.8 Å². The van der Waals surface area contributed by atoms with E-state index in [1.165, 1.54) is 0 Å². The fourth-order valence-corrected chi connectivity index (χ4v) is 3.27. The largest absolute Gasteiger partial charge is 0.497 e. The van der Waals surface area contributed by atoms with Crippen LogP contribution in [-0.4, -0.2) is 74.4 Å². The fraction of sp³-hybridized carbons (Fsp3) is 0.632. The Morgan fingerprint density at radius 1 is 1.28 bits per heavy atom. The fourth-order valence-electron chi connectivity index (χ4n) is 3.27. The highest BCUT2D eigenvalue weighted by molar-refractivity contribution is 5.77. The minimum absolute atomic E-state index is 0.0766. The summed E-state index contributed by atoms with van der Waals surface area (Å²) in [5.41, 5.74) is 0. The molecule has 2 heterocycles. The zero-order valence-electron chi connectivity index (χ0n) is 15.1. The molecule has 0 N–H and O–H groups in total. The number of ether oxygens (including phenoxy) is 3. The predicted molar refractivity (Wildman–Crippen MR) is 95.1 cm³/mol. The Kier molecular flexibility index (Phi) is 6.15. The van der Waals surface area contributed by atoms with E-state index in [4.69, 9.17) is 14.2 Å². The number of amides is 1. The summed E-state index contributed by atoms with van der Waals surface area (Å²) in [5.74, 6) is 1.80. The van der Waals surface area contributed by atoms with E-state index in [2.05, 4.69) is 11.8 Å².